The van der Waals surface area contributed by atoms with Gasteiger partial charge < -0.3 is 10.1 Å². The van der Waals surface area contributed by atoms with E-state index in [9.17, 15) is 0 Å². The van der Waals surface area contributed by atoms with Crippen molar-refractivity contribution in [3.8, 4) is 0 Å². The number of ether oxygens (including phenoxy) is 1. The lowest BCUT2D eigenvalue weighted by molar-refractivity contribution is -0.0195. The van der Waals surface area contributed by atoms with E-state index in [1.165, 1.54) is 51.5 Å². The van der Waals surface area contributed by atoms with E-state index in [0.717, 1.165) is 12.5 Å². The second-order valence-electron chi connectivity index (χ2n) is 5.12. The summed E-state index contributed by atoms with van der Waals surface area (Å²) >= 11 is 0. The molecule has 0 aromatic rings. The molecule has 2 unspecified atom stereocenters. The van der Waals surface area contributed by atoms with E-state index in [0.29, 0.717) is 12.1 Å². The summed E-state index contributed by atoms with van der Waals surface area (Å²) in [5, 5.41) is 3.50. The SMILES string of the molecule is CCC1CCCCC1OC[C@H]1CCCN1. The molecule has 0 aromatic carbocycles. The van der Waals surface area contributed by atoms with Gasteiger partial charge in [-0.15, -0.1) is 0 Å². The van der Waals surface area contributed by atoms with Gasteiger partial charge in [-0.25, -0.2) is 0 Å². The zero-order valence-corrected chi connectivity index (χ0v) is 10.0. The number of hydrogen-bond acceptors (Lipinski definition) is 2. The summed E-state index contributed by atoms with van der Waals surface area (Å²) in [5.41, 5.74) is 0. The monoisotopic (exact) mass is 211 g/mol. The molecule has 1 N–H and O–H groups in total. The van der Waals surface area contributed by atoms with Gasteiger partial charge in [0.15, 0.2) is 0 Å². The van der Waals surface area contributed by atoms with Crippen LogP contribution >= 0.6 is 0 Å². The van der Waals surface area contributed by atoms with E-state index < -0.39 is 0 Å². The lowest BCUT2D eigenvalue weighted by Gasteiger charge is -2.31. The summed E-state index contributed by atoms with van der Waals surface area (Å²) in [4.78, 5) is 0. The van der Waals surface area contributed by atoms with Crippen molar-refractivity contribution in [2.45, 2.75) is 64.0 Å². The van der Waals surface area contributed by atoms with Crippen LogP contribution in [-0.4, -0.2) is 25.3 Å². The molecule has 2 fully saturated rings. The molecule has 0 aromatic heterocycles. The summed E-state index contributed by atoms with van der Waals surface area (Å²) in [5.74, 6) is 0.833. The largest absolute Gasteiger partial charge is 0.376 e. The first-order valence-corrected chi connectivity index (χ1v) is 6.75. The second kappa shape index (κ2) is 5.86. The molecule has 0 radical (unpaired) electrons. The molecule has 3 atom stereocenters. The summed E-state index contributed by atoms with van der Waals surface area (Å²) in [7, 11) is 0. The van der Waals surface area contributed by atoms with Crippen LogP contribution in [0, 0.1) is 5.92 Å². The fourth-order valence-electron chi connectivity index (χ4n) is 3.00. The maximum atomic E-state index is 6.11. The minimum absolute atomic E-state index is 0.561. The average molecular weight is 211 g/mol. The van der Waals surface area contributed by atoms with Crippen molar-refractivity contribution in [1.29, 1.82) is 0 Å². The Balaban J connectivity index is 1.71. The van der Waals surface area contributed by atoms with Gasteiger partial charge >= 0.3 is 0 Å². The molecule has 1 aliphatic heterocycles. The predicted octanol–water partition coefficient (Wildman–Crippen LogP) is 2.72. The summed E-state index contributed by atoms with van der Waals surface area (Å²) in [6.07, 6.45) is 9.97. The zero-order valence-electron chi connectivity index (χ0n) is 10.0. The first-order valence-electron chi connectivity index (χ1n) is 6.75. The number of hydrogen-bond donors (Lipinski definition) is 1. The van der Waals surface area contributed by atoms with E-state index in [1.54, 1.807) is 0 Å². The van der Waals surface area contributed by atoms with Gasteiger partial charge in [0, 0.05) is 6.04 Å². The summed E-state index contributed by atoms with van der Waals surface area (Å²) in [6, 6.07) is 0.643. The molecule has 1 saturated carbocycles. The van der Waals surface area contributed by atoms with Crippen LogP contribution in [0.1, 0.15) is 51.9 Å². The second-order valence-corrected chi connectivity index (χ2v) is 5.12. The highest BCUT2D eigenvalue weighted by Crippen LogP contribution is 2.29. The van der Waals surface area contributed by atoms with E-state index in [4.69, 9.17) is 4.74 Å². The van der Waals surface area contributed by atoms with Crippen molar-refractivity contribution in [2.75, 3.05) is 13.2 Å². The van der Waals surface area contributed by atoms with Crippen LogP contribution in [-0.2, 0) is 4.74 Å². The predicted molar refractivity (Wildman–Crippen MR) is 63.0 cm³/mol. The van der Waals surface area contributed by atoms with Crippen molar-refractivity contribution in [2.24, 2.45) is 5.92 Å². The Morgan fingerprint density at radius 3 is 2.73 bits per heavy atom. The molecule has 1 heterocycles. The van der Waals surface area contributed by atoms with Gasteiger partial charge in [-0.3, -0.25) is 0 Å². The van der Waals surface area contributed by atoms with Gasteiger partial charge in [-0.05, 0) is 38.1 Å². The van der Waals surface area contributed by atoms with Crippen LogP contribution in [0.15, 0.2) is 0 Å². The van der Waals surface area contributed by atoms with Gasteiger partial charge in [0.1, 0.15) is 0 Å². The van der Waals surface area contributed by atoms with Crippen LogP contribution in [0.5, 0.6) is 0 Å². The Hall–Kier alpha value is -0.0800. The van der Waals surface area contributed by atoms with Crippen LogP contribution < -0.4 is 5.32 Å². The molecule has 15 heavy (non-hydrogen) atoms. The fraction of sp³-hybridized carbons (Fsp3) is 1.00. The molecule has 2 aliphatic rings. The van der Waals surface area contributed by atoms with Gasteiger partial charge in [0.05, 0.1) is 12.7 Å². The maximum Gasteiger partial charge on any atom is 0.0623 e. The Labute approximate surface area is 93.8 Å². The third kappa shape index (κ3) is 3.18. The highest BCUT2D eigenvalue weighted by Gasteiger charge is 2.25. The topological polar surface area (TPSA) is 21.3 Å². The molecule has 1 aliphatic carbocycles. The van der Waals surface area contributed by atoms with Crippen molar-refractivity contribution in [3.05, 3.63) is 0 Å². The molecule has 88 valence electrons. The molecule has 1 saturated heterocycles. The highest BCUT2D eigenvalue weighted by molar-refractivity contribution is 4.78. The van der Waals surface area contributed by atoms with Crippen LogP contribution in [0.3, 0.4) is 0 Å². The normalized spacial score (nSPS) is 37.0. The first kappa shape index (κ1) is 11.4. The Kier molecular flexibility index (Phi) is 4.45. The average Bonchev–Trinajstić information content (AvgIpc) is 2.79. The minimum atomic E-state index is 0.561. The highest BCUT2D eigenvalue weighted by atomic mass is 16.5. The lowest BCUT2D eigenvalue weighted by Crippen LogP contribution is -2.33. The minimum Gasteiger partial charge on any atom is -0.376 e. The Morgan fingerprint density at radius 1 is 1.13 bits per heavy atom. The molecular formula is C13H25NO. The molecule has 2 rings (SSSR count). The van der Waals surface area contributed by atoms with Crippen LogP contribution in [0.2, 0.25) is 0 Å². The van der Waals surface area contributed by atoms with Crippen molar-refractivity contribution < 1.29 is 4.74 Å². The van der Waals surface area contributed by atoms with Gasteiger partial charge in [-0.2, -0.15) is 0 Å². The van der Waals surface area contributed by atoms with Crippen molar-refractivity contribution in [3.63, 3.8) is 0 Å². The zero-order chi connectivity index (χ0) is 10.5. The molecule has 2 heteroatoms. The third-order valence-electron chi connectivity index (χ3n) is 4.04. The Morgan fingerprint density at radius 2 is 2.00 bits per heavy atom. The standard InChI is InChI=1S/C13H25NO/c1-2-11-6-3-4-8-13(11)15-10-12-7-5-9-14-12/h11-14H,2-10H2,1H3/t11?,12-,13?/m1/s1. The summed E-state index contributed by atoms with van der Waals surface area (Å²) in [6.45, 7) is 4.44. The molecular weight excluding hydrogens is 186 g/mol. The van der Waals surface area contributed by atoms with E-state index in [2.05, 4.69) is 12.2 Å². The van der Waals surface area contributed by atoms with E-state index in [1.807, 2.05) is 0 Å². The molecule has 0 amide bonds. The van der Waals surface area contributed by atoms with Gasteiger partial charge in [-0.1, -0.05) is 26.2 Å². The molecule has 2 nitrogen and oxygen atoms in total. The number of rotatable bonds is 4. The van der Waals surface area contributed by atoms with E-state index in [-0.39, 0.29) is 0 Å². The maximum absolute atomic E-state index is 6.11. The smallest absolute Gasteiger partial charge is 0.0623 e. The quantitative estimate of drug-likeness (QED) is 0.772. The van der Waals surface area contributed by atoms with E-state index >= 15 is 0 Å². The Bertz CT molecular complexity index is 177. The first-order chi connectivity index (χ1) is 7.40. The fourth-order valence-corrected chi connectivity index (χ4v) is 3.00. The van der Waals surface area contributed by atoms with Crippen LogP contribution in [0.25, 0.3) is 0 Å². The molecule has 0 bridgehead atoms. The summed E-state index contributed by atoms with van der Waals surface area (Å²) < 4.78 is 6.11. The van der Waals surface area contributed by atoms with Crippen molar-refractivity contribution >= 4 is 0 Å². The molecule has 0 spiro atoms. The van der Waals surface area contributed by atoms with Crippen LogP contribution in [0.4, 0.5) is 0 Å². The van der Waals surface area contributed by atoms with Gasteiger partial charge in [0.2, 0.25) is 0 Å². The number of nitrogens with one attached hydrogen (secondary N) is 1. The third-order valence-corrected chi connectivity index (χ3v) is 4.04. The lowest BCUT2D eigenvalue weighted by atomic mass is 9.85. The van der Waals surface area contributed by atoms with Gasteiger partial charge in [0.25, 0.3) is 0 Å². The van der Waals surface area contributed by atoms with Crippen molar-refractivity contribution in [1.82, 2.24) is 5.32 Å².